The predicted molar refractivity (Wildman–Crippen MR) is 74.9 cm³/mol. The van der Waals surface area contributed by atoms with E-state index in [0.717, 1.165) is 18.9 Å². The minimum atomic E-state index is -0.205. The molecule has 0 atom stereocenters. The zero-order valence-corrected chi connectivity index (χ0v) is 11.5. The molecule has 3 heterocycles. The largest absolute Gasteiger partial charge is 0.472 e. The summed E-state index contributed by atoms with van der Waals surface area (Å²) in [5, 5.41) is 2.76. The molecule has 0 unspecified atom stereocenters. The van der Waals surface area contributed by atoms with Gasteiger partial charge in [-0.3, -0.25) is 4.79 Å². The quantitative estimate of drug-likeness (QED) is 0.898. The van der Waals surface area contributed by atoms with E-state index in [4.69, 9.17) is 9.15 Å². The number of ether oxygens (including phenoxy) is 1. The van der Waals surface area contributed by atoms with Crippen LogP contribution in [0.2, 0.25) is 0 Å². The summed E-state index contributed by atoms with van der Waals surface area (Å²) in [4.78, 5) is 22.6. The van der Waals surface area contributed by atoms with Crippen molar-refractivity contribution in [1.82, 2.24) is 15.3 Å². The summed E-state index contributed by atoms with van der Waals surface area (Å²) < 4.78 is 10.2. The second-order valence-corrected chi connectivity index (χ2v) is 4.63. The molecule has 0 aromatic carbocycles. The number of carbonyl (C=O) groups excluding carboxylic acids is 1. The number of hydrogen-bond acceptors (Lipinski definition) is 6. The van der Waals surface area contributed by atoms with Crippen molar-refractivity contribution in [3.8, 4) is 0 Å². The van der Waals surface area contributed by atoms with Crippen LogP contribution in [0.3, 0.4) is 0 Å². The minimum Gasteiger partial charge on any atom is -0.472 e. The molecule has 1 amide bonds. The van der Waals surface area contributed by atoms with Crippen LogP contribution in [0.1, 0.15) is 16.2 Å². The number of furan rings is 1. The number of nitrogens with zero attached hydrogens (tertiary/aromatic N) is 3. The van der Waals surface area contributed by atoms with E-state index in [1.165, 1.54) is 12.5 Å². The van der Waals surface area contributed by atoms with Gasteiger partial charge in [0.1, 0.15) is 17.9 Å². The topological polar surface area (TPSA) is 80.5 Å². The van der Waals surface area contributed by atoms with Gasteiger partial charge in [0, 0.05) is 19.3 Å². The van der Waals surface area contributed by atoms with Crippen molar-refractivity contribution in [2.75, 3.05) is 31.2 Å². The van der Waals surface area contributed by atoms with E-state index in [1.807, 2.05) is 6.07 Å². The average molecular weight is 288 g/mol. The van der Waals surface area contributed by atoms with Crippen LogP contribution in [0, 0.1) is 0 Å². The molecular weight excluding hydrogens is 272 g/mol. The van der Waals surface area contributed by atoms with Crippen molar-refractivity contribution in [2.24, 2.45) is 0 Å². The summed E-state index contributed by atoms with van der Waals surface area (Å²) in [5.41, 5.74) is 0.485. The van der Waals surface area contributed by atoms with Crippen LogP contribution < -0.4 is 10.2 Å². The number of aromatic nitrogens is 2. The zero-order valence-electron chi connectivity index (χ0n) is 11.5. The number of amides is 1. The van der Waals surface area contributed by atoms with E-state index in [9.17, 15) is 4.79 Å². The third kappa shape index (κ3) is 3.38. The van der Waals surface area contributed by atoms with Gasteiger partial charge in [-0.05, 0) is 12.1 Å². The maximum absolute atomic E-state index is 11.8. The van der Waals surface area contributed by atoms with Crippen LogP contribution >= 0.6 is 0 Å². The Morgan fingerprint density at radius 2 is 2.19 bits per heavy atom. The molecule has 0 spiro atoms. The predicted octanol–water partition coefficient (Wildman–Crippen LogP) is 0.836. The smallest absolute Gasteiger partial charge is 0.254 e. The van der Waals surface area contributed by atoms with Crippen LogP contribution in [0.15, 0.2) is 35.3 Å². The highest BCUT2D eigenvalue weighted by Gasteiger charge is 2.13. The summed E-state index contributed by atoms with van der Waals surface area (Å²) in [5.74, 6) is 1.24. The Kier molecular flexibility index (Phi) is 4.11. The summed E-state index contributed by atoms with van der Waals surface area (Å²) in [7, 11) is 0. The van der Waals surface area contributed by atoms with Crippen LogP contribution in [0.25, 0.3) is 0 Å². The van der Waals surface area contributed by atoms with E-state index in [0.29, 0.717) is 24.6 Å². The van der Waals surface area contributed by atoms with Gasteiger partial charge in [-0.15, -0.1) is 0 Å². The summed E-state index contributed by atoms with van der Waals surface area (Å²) >= 11 is 0. The molecule has 0 bridgehead atoms. The highest BCUT2D eigenvalue weighted by Crippen LogP contribution is 2.11. The van der Waals surface area contributed by atoms with Crippen molar-refractivity contribution in [3.63, 3.8) is 0 Å². The lowest BCUT2D eigenvalue weighted by molar-refractivity contribution is 0.0949. The van der Waals surface area contributed by atoms with Crippen LogP contribution in [0.5, 0.6) is 0 Å². The normalized spacial score (nSPS) is 15.0. The first kappa shape index (κ1) is 13.6. The Morgan fingerprint density at radius 1 is 1.33 bits per heavy atom. The molecule has 110 valence electrons. The number of anilines is 1. The van der Waals surface area contributed by atoms with E-state index in [2.05, 4.69) is 20.2 Å². The number of nitrogens with one attached hydrogen (secondary N) is 1. The highest BCUT2D eigenvalue weighted by atomic mass is 16.5. The first-order valence-electron chi connectivity index (χ1n) is 6.78. The van der Waals surface area contributed by atoms with Gasteiger partial charge in [-0.2, -0.15) is 0 Å². The molecule has 0 radical (unpaired) electrons. The van der Waals surface area contributed by atoms with Crippen LogP contribution in [0.4, 0.5) is 5.82 Å². The van der Waals surface area contributed by atoms with Gasteiger partial charge in [0.05, 0.1) is 31.6 Å². The van der Waals surface area contributed by atoms with Crippen molar-refractivity contribution in [1.29, 1.82) is 0 Å². The van der Waals surface area contributed by atoms with Gasteiger partial charge in [0.25, 0.3) is 5.91 Å². The average Bonchev–Trinajstić information content (AvgIpc) is 3.08. The fourth-order valence-corrected chi connectivity index (χ4v) is 2.10. The summed E-state index contributed by atoms with van der Waals surface area (Å²) in [6.07, 6.45) is 4.57. The molecule has 1 saturated heterocycles. The zero-order chi connectivity index (χ0) is 14.5. The van der Waals surface area contributed by atoms with E-state index >= 15 is 0 Å². The monoisotopic (exact) mass is 288 g/mol. The SMILES string of the molecule is O=C(NCc1nccc(N2CCOCC2)n1)c1ccoc1. The molecule has 2 aromatic heterocycles. The number of carbonyl (C=O) groups is 1. The minimum absolute atomic E-state index is 0.205. The van der Waals surface area contributed by atoms with Crippen molar-refractivity contribution >= 4 is 11.7 Å². The molecule has 2 aromatic rings. The fraction of sp³-hybridized carbons (Fsp3) is 0.357. The van der Waals surface area contributed by atoms with Crippen LogP contribution in [-0.4, -0.2) is 42.2 Å². The lowest BCUT2D eigenvalue weighted by Gasteiger charge is -2.27. The molecule has 1 N–H and O–H groups in total. The van der Waals surface area contributed by atoms with Crippen molar-refractivity contribution in [3.05, 3.63) is 42.2 Å². The van der Waals surface area contributed by atoms with Gasteiger partial charge in [0.2, 0.25) is 0 Å². The fourth-order valence-electron chi connectivity index (χ4n) is 2.10. The molecule has 7 heteroatoms. The van der Waals surface area contributed by atoms with Crippen molar-refractivity contribution in [2.45, 2.75) is 6.54 Å². The van der Waals surface area contributed by atoms with E-state index in [-0.39, 0.29) is 12.5 Å². The Morgan fingerprint density at radius 3 is 2.95 bits per heavy atom. The van der Waals surface area contributed by atoms with E-state index < -0.39 is 0 Å². The highest BCUT2D eigenvalue weighted by molar-refractivity contribution is 5.93. The summed E-state index contributed by atoms with van der Waals surface area (Å²) in [6.45, 7) is 3.32. The lowest BCUT2D eigenvalue weighted by atomic mass is 10.3. The van der Waals surface area contributed by atoms with Gasteiger partial charge in [-0.25, -0.2) is 9.97 Å². The lowest BCUT2D eigenvalue weighted by Crippen LogP contribution is -2.37. The Bertz CT molecular complexity index is 594. The van der Waals surface area contributed by atoms with Gasteiger partial charge in [-0.1, -0.05) is 0 Å². The Balaban J connectivity index is 1.62. The molecule has 7 nitrogen and oxygen atoms in total. The Hall–Kier alpha value is -2.41. The standard InChI is InChI=1S/C14H16N4O3/c19-14(11-2-6-21-10-11)16-9-12-15-3-1-13(17-12)18-4-7-20-8-5-18/h1-3,6,10H,4-5,7-9H2,(H,16,19). The number of rotatable bonds is 4. The molecule has 0 aliphatic carbocycles. The van der Waals surface area contributed by atoms with E-state index in [1.54, 1.807) is 12.3 Å². The third-order valence-corrected chi connectivity index (χ3v) is 3.22. The maximum atomic E-state index is 11.8. The molecular formula is C14H16N4O3. The first-order valence-corrected chi connectivity index (χ1v) is 6.78. The van der Waals surface area contributed by atoms with Gasteiger partial charge < -0.3 is 19.4 Å². The van der Waals surface area contributed by atoms with Gasteiger partial charge in [0.15, 0.2) is 0 Å². The summed E-state index contributed by atoms with van der Waals surface area (Å²) in [6, 6.07) is 3.48. The maximum Gasteiger partial charge on any atom is 0.254 e. The molecule has 1 aliphatic heterocycles. The molecule has 3 rings (SSSR count). The molecule has 1 fully saturated rings. The molecule has 0 saturated carbocycles. The number of morpholine rings is 1. The van der Waals surface area contributed by atoms with Gasteiger partial charge >= 0.3 is 0 Å². The second-order valence-electron chi connectivity index (χ2n) is 4.63. The second kappa shape index (κ2) is 6.36. The van der Waals surface area contributed by atoms with Crippen LogP contribution in [-0.2, 0) is 11.3 Å². The third-order valence-electron chi connectivity index (χ3n) is 3.22. The Labute approximate surface area is 121 Å². The van der Waals surface area contributed by atoms with Crippen molar-refractivity contribution < 1.29 is 13.9 Å². The number of hydrogen-bond donors (Lipinski definition) is 1. The first-order chi connectivity index (χ1) is 10.3. The molecule has 1 aliphatic rings. The molecule has 21 heavy (non-hydrogen) atoms.